The first-order valence-corrected chi connectivity index (χ1v) is 8.20. The summed E-state index contributed by atoms with van der Waals surface area (Å²) in [5, 5.41) is 12.8. The topological polar surface area (TPSA) is 76.4 Å². The molecule has 0 saturated carbocycles. The Morgan fingerprint density at radius 2 is 2.07 bits per heavy atom. The number of methoxy groups -OCH3 is 1. The molecule has 0 fully saturated rings. The van der Waals surface area contributed by atoms with Crippen LogP contribution in [0.25, 0.3) is 0 Å². The molecule has 2 N–H and O–H groups in total. The van der Waals surface area contributed by atoms with Crippen molar-refractivity contribution in [2.75, 3.05) is 7.11 Å². The fraction of sp³-hybridized carbons (Fsp3) is 0.444. The molecular weight excluding hydrogens is 363 g/mol. The normalized spacial score (nSPS) is 15.1. The third kappa shape index (κ3) is 4.24. The zero-order valence-electron chi connectivity index (χ0n) is 15.5. The molecule has 2 unspecified atom stereocenters. The minimum atomic E-state index is -5.08. The van der Waals surface area contributed by atoms with Gasteiger partial charge in [-0.2, -0.15) is 13.2 Å². The molecule has 9 heteroatoms. The molecule has 0 radical (unpaired) electrons. The second-order valence-corrected chi connectivity index (χ2v) is 6.43. The van der Waals surface area contributed by atoms with Crippen molar-refractivity contribution in [3.05, 3.63) is 47.5 Å². The van der Waals surface area contributed by atoms with Gasteiger partial charge in [0.05, 0.1) is 19.6 Å². The van der Waals surface area contributed by atoms with Crippen molar-refractivity contribution in [2.24, 2.45) is 7.05 Å². The number of halogens is 3. The van der Waals surface area contributed by atoms with Gasteiger partial charge < -0.3 is 19.7 Å². The zero-order chi connectivity index (χ0) is 20.4. The van der Waals surface area contributed by atoms with Gasteiger partial charge in [-0.15, -0.1) is 0 Å². The third-order valence-corrected chi connectivity index (χ3v) is 4.31. The number of rotatable bonds is 6. The molecule has 0 aliphatic carbocycles. The standard InChI is InChI=1S/C18H22F3N3O3/c1-11-5-6-14(27-4)13(9-11)12(2)23-15(25)10-17(26,18(19,20)21)16-22-7-8-24(16)3/h5-9,12,26H,10H2,1-4H3,(H,23,25). The van der Waals surface area contributed by atoms with Crippen LogP contribution in [0.1, 0.15) is 36.3 Å². The maximum Gasteiger partial charge on any atom is 0.425 e. The van der Waals surface area contributed by atoms with E-state index in [1.165, 1.54) is 20.4 Å². The molecular formula is C18H22F3N3O3. The minimum absolute atomic E-state index is 0.503. The number of alkyl halides is 3. The van der Waals surface area contributed by atoms with Gasteiger partial charge in [-0.05, 0) is 19.9 Å². The van der Waals surface area contributed by atoms with Gasteiger partial charge in [0.1, 0.15) is 5.75 Å². The van der Waals surface area contributed by atoms with E-state index in [4.69, 9.17) is 4.74 Å². The predicted octanol–water partition coefficient (Wildman–Crippen LogP) is 2.75. The first-order chi connectivity index (χ1) is 12.5. The van der Waals surface area contributed by atoms with Gasteiger partial charge in [-0.1, -0.05) is 17.7 Å². The largest absolute Gasteiger partial charge is 0.496 e. The lowest BCUT2D eigenvalue weighted by Crippen LogP contribution is -2.48. The Labute approximate surface area is 155 Å². The average Bonchev–Trinajstić information content (AvgIpc) is 3.00. The van der Waals surface area contributed by atoms with Crippen molar-refractivity contribution in [1.82, 2.24) is 14.9 Å². The SMILES string of the molecule is COc1ccc(C)cc1C(C)NC(=O)CC(O)(c1nccn1C)C(F)(F)F. The summed E-state index contributed by atoms with van der Waals surface area (Å²) in [4.78, 5) is 15.9. The van der Waals surface area contributed by atoms with E-state index in [1.807, 2.05) is 13.0 Å². The van der Waals surface area contributed by atoms with E-state index in [9.17, 15) is 23.1 Å². The van der Waals surface area contributed by atoms with Crippen LogP contribution >= 0.6 is 0 Å². The van der Waals surface area contributed by atoms with Crippen LogP contribution in [0.4, 0.5) is 13.2 Å². The number of aliphatic hydroxyl groups is 1. The molecule has 1 amide bonds. The number of carbonyl (C=O) groups is 1. The van der Waals surface area contributed by atoms with Crippen molar-refractivity contribution in [1.29, 1.82) is 0 Å². The number of carbonyl (C=O) groups excluding carboxylic acids is 1. The van der Waals surface area contributed by atoms with Crippen molar-refractivity contribution in [3.63, 3.8) is 0 Å². The average molecular weight is 385 g/mol. The first kappa shape index (κ1) is 20.8. The molecule has 1 heterocycles. The van der Waals surface area contributed by atoms with Crippen molar-refractivity contribution in [2.45, 2.75) is 38.1 Å². The monoisotopic (exact) mass is 385 g/mol. The van der Waals surface area contributed by atoms with E-state index >= 15 is 0 Å². The molecule has 0 aliphatic rings. The lowest BCUT2D eigenvalue weighted by Gasteiger charge is -2.30. The highest BCUT2D eigenvalue weighted by Gasteiger charge is 2.58. The molecule has 27 heavy (non-hydrogen) atoms. The molecule has 0 spiro atoms. The highest BCUT2D eigenvalue weighted by molar-refractivity contribution is 5.78. The molecule has 1 aromatic heterocycles. The van der Waals surface area contributed by atoms with Gasteiger partial charge in [-0.25, -0.2) is 4.98 Å². The quantitative estimate of drug-likeness (QED) is 0.802. The fourth-order valence-corrected chi connectivity index (χ4v) is 2.86. The van der Waals surface area contributed by atoms with Gasteiger partial charge in [0.15, 0.2) is 5.82 Å². The Morgan fingerprint density at radius 1 is 1.41 bits per heavy atom. The highest BCUT2D eigenvalue weighted by atomic mass is 19.4. The Bertz CT molecular complexity index is 820. The van der Waals surface area contributed by atoms with Crippen LogP contribution in [-0.2, 0) is 17.4 Å². The summed E-state index contributed by atoms with van der Waals surface area (Å²) >= 11 is 0. The molecule has 148 valence electrons. The first-order valence-electron chi connectivity index (χ1n) is 8.20. The third-order valence-electron chi connectivity index (χ3n) is 4.31. The van der Waals surface area contributed by atoms with Crippen LogP contribution in [0.3, 0.4) is 0 Å². The van der Waals surface area contributed by atoms with Gasteiger partial charge in [-0.3, -0.25) is 4.79 Å². The summed E-state index contributed by atoms with van der Waals surface area (Å²) in [6.45, 7) is 3.48. The Kier molecular flexibility index (Phi) is 5.84. The van der Waals surface area contributed by atoms with E-state index in [2.05, 4.69) is 10.3 Å². The number of ether oxygens (including phenoxy) is 1. The number of nitrogens with one attached hydrogen (secondary N) is 1. The number of hydrogen-bond donors (Lipinski definition) is 2. The molecule has 2 rings (SSSR count). The number of imidazole rings is 1. The second kappa shape index (κ2) is 7.59. The van der Waals surface area contributed by atoms with Crippen LogP contribution in [0.15, 0.2) is 30.6 Å². The van der Waals surface area contributed by atoms with Crippen LogP contribution in [0.2, 0.25) is 0 Å². The van der Waals surface area contributed by atoms with Gasteiger partial charge >= 0.3 is 6.18 Å². The molecule has 2 aromatic rings. The Hall–Kier alpha value is -2.55. The van der Waals surface area contributed by atoms with Crippen LogP contribution < -0.4 is 10.1 Å². The highest BCUT2D eigenvalue weighted by Crippen LogP contribution is 2.41. The smallest absolute Gasteiger partial charge is 0.425 e. The number of aryl methyl sites for hydroxylation is 2. The molecule has 6 nitrogen and oxygen atoms in total. The molecule has 0 saturated heterocycles. The molecule has 1 aromatic carbocycles. The summed E-state index contributed by atoms with van der Waals surface area (Å²) in [7, 11) is 2.78. The minimum Gasteiger partial charge on any atom is -0.496 e. The van der Waals surface area contributed by atoms with Crippen LogP contribution in [0, 0.1) is 6.92 Å². The van der Waals surface area contributed by atoms with Crippen molar-refractivity contribution < 1.29 is 27.8 Å². The van der Waals surface area contributed by atoms with E-state index in [0.29, 0.717) is 11.3 Å². The summed E-state index contributed by atoms with van der Waals surface area (Å²) in [5.74, 6) is -1.11. The zero-order valence-corrected chi connectivity index (χ0v) is 15.5. The van der Waals surface area contributed by atoms with Crippen LogP contribution in [-0.4, -0.2) is 33.9 Å². The summed E-state index contributed by atoms with van der Waals surface area (Å²) in [5.41, 5.74) is -1.86. The number of nitrogens with zero attached hydrogens (tertiary/aromatic N) is 2. The number of hydrogen-bond acceptors (Lipinski definition) is 4. The maximum absolute atomic E-state index is 13.5. The molecule has 0 aliphatic heterocycles. The van der Waals surface area contributed by atoms with Crippen molar-refractivity contribution in [3.8, 4) is 5.75 Å². The number of benzene rings is 1. The van der Waals surface area contributed by atoms with E-state index in [1.54, 1.807) is 19.1 Å². The summed E-state index contributed by atoms with van der Waals surface area (Å²) in [6.07, 6.45) is -3.89. The van der Waals surface area contributed by atoms with E-state index in [0.717, 1.165) is 16.3 Å². The van der Waals surface area contributed by atoms with Crippen molar-refractivity contribution >= 4 is 5.91 Å². The summed E-state index contributed by atoms with van der Waals surface area (Å²) < 4.78 is 46.9. The van der Waals surface area contributed by atoms with Gasteiger partial charge in [0, 0.05) is 25.0 Å². The van der Waals surface area contributed by atoms with Crippen LogP contribution in [0.5, 0.6) is 5.75 Å². The lowest BCUT2D eigenvalue weighted by atomic mass is 9.96. The lowest BCUT2D eigenvalue weighted by molar-refractivity contribution is -0.271. The molecule has 2 atom stereocenters. The number of aromatic nitrogens is 2. The predicted molar refractivity (Wildman–Crippen MR) is 92.1 cm³/mol. The van der Waals surface area contributed by atoms with Gasteiger partial charge in [0.2, 0.25) is 11.5 Å². The maximum atomic E-state index is 13.5. The molecule has 0 bridgehead atoms. The van der Waals surface area contributed by atoms with E-state index in [-0.39, 0.29) is 0 Å². The second-order valence-electron chi connectivity index (χ2n) is 6.43. The fourth-order valence-electron chi connectivity index (χ4n) is 2.86. The van der Waals surface area contributed by atoms with E-state index < -0.39 is 36.0 Å². The Balaban J connectivity index is 2.25. The number of amides is 1. The Morgan fingerprint density at radius 3 is 2.59 bits per heavy atom. The van der Waals surface area contributed by atoms with Gasteiger partial charge in [0.25, 0.3) is 0 Å². The summed E-state index contributed by atoms with van der Waals surface area (Å²) in [6, 6.07) is 4.69.